The molecule has 158 valence electrons. The molecule has 2 aromatic carbocycles. The van der Waals surface area contributed by atoms with Crippen LogP contribution >= 0.6 is 0 Å². The second-order valence-electron chi connectivity index (χ2n) is 7.43. The minimum absolute atomic E-state index is 0.143. The Morgan fingerprint density at radius 1 is 0.935 bits per heavy atom. The number of aliphatic hydroxyl groups is 1. The van der Waals surface area contributed by atoms with E-state index in [1.54, 1.807) is 12.1 Å². The fraction of sp³-hybridized carbons (Fsp3) is 0.182. The van der Waals surface area contributed by atoms with E-state index in [0.717, 1.165) is 20.3 Å². The van der Waals surface area contributed by atoms with Gasteiger partial charge in [0.2, 0.25) is 5.66 Å². The second-order valence-corrected chi connectivity index (χ2v) is 7.43. The highest BCUT2D eigenvalue weighted by Gasteiger charge is 2.70. The van der Waals surface area contributed by atoms with Crippen molar-refractivity contribution in [3.63, 3.8) is 0 Å². The molecule has 0 aromatic heterocycles. The number of rotatable bonds is 2. The number of likely N-dealkylation sites (N-methyl/N-ethyl adjacent to an activating group) is 2. The first-order valence-electron chi connectivity index (χ1n) is 9.37. The van der Waals surface area contributed by atoms with Gasteiger partial charge in [-0.05, 0) is 19.1 Å². The summed E-state index contributed by atoms with van der Waals surface area (Å²) < 4.78 is 0. The van der Waals surface area contributed by atoms with E-state index in [9.17, 15) is 29.4 Å². The largest absolute Gasteiger partial charge is 0.507 e. The first-order chi connectivity index (χ1) is 14.6. The van der Waals surface area contributed by atoms with Crippen LogP contribution in [0.2, 0.25) is 0 Å². The van der Waals surface area contributed by atoms with Gasteiger partial charge in [-0.2, -0.15) is 0 Å². The van der Waals surface area contributed by atoms with E-state index in [2.05, 4.69) is 0 Å². The summed E-state index contributed by atoms with van der Waals surface area (Å²) in [7, 11) is 2.47. The topological polar surface area (TPSA) is 118 Å². The van der Waals surface area contributed by atoms with Crippen molar-refractivity contribution in [1.29, 1.82) is 0 Å². The third-order valence-corrected chi connectivity index (χ3v) is 5.64. The molecule has 2 aliphatic heterocycles. The lowest BCUT2D eigenvalue weighted by atomic mass is 9.93. The Balaban J connectivity index is 2.09. The number of imide groups is 1. The molecule has 2 N–H and O–H groups in total. The summed E-state index contributed by atoms with van der Waals surface area (Å²) in [5, 5.41) is 21.5. The molecule has 9 nitrogen and oxygen atoms in total. The molecule has 1 atom stereocenters. The Labute approximate surface area is 177 Å². The fourth-order valence-corrected chi connectivity index (χ4v) is 4.04. The molecule has 2 saturated heterocycles. The highest BCUT2D eigenvalue weighted by atomic mass is 16.3. The molecule has 0 aliphatic carbocycles. The van der Waals surface area contributed by atoms with Crippen LogP contribution in [0.4, 0.5) is 10.5 Å². The molecular formula is C22H19N3O6. The van der Waals surface area contributed by atoms with Crippen LogP contribution in [0.25, 0.3) is 5.76 Å². The number of hydrogen-bond donors (Lipinski definition) is 2. The molecule has 1 spiro atoms. The normalized spacial score (nSPS) is 22.9. The van der Waals surface area contributed by atoms with Gasteiger partial charge in [-0.25, -0.2) is 4.79 Å². The van der Waals surface area contributed by atoms with Crippen LogP contribution in [0.5, 0.6) is 5.75 Å². The number of aromatic hydroxyl groups is 1. The number of anilines is 1. The Kier molecular flexibility index (Phi) is 4.35. The van der Waals surface area contributed by atoms with Crippen LogP contribution in [0.1, 0.15) is 11.1 Å². The molecule has 9 heteroatoms. The number of para-hydroxylation sites is 2. The van der Waals surface area contributed by atoms with Gasteiger partial charge in [-0.1, -0.05) is 42.0 Å². The molecule has 4 rings (SSSR count). The second kappa shape index (κ2) is 6.69. The van der Waals surface area contributed by atoms with Crippen molar-refractivity contribution >= 4 is 35.1 Å². The smallest absolute Gasteiger partial charge is 0.328 e. The number of ketones is 1. The number of aryl methyl sites for hydroxylation is 1. The zero-order chi connectivity index (χ0) is 22.7. The van der Waals surface area contributed by atoms with Gasteiger partial charge < -0.3 is 10.2 Å². The zero-order valence-corrected chi connectivity index (χ0v) is 17.0. The maximum atomic E-state index is 13.4. The van der Waals surface area contributed by atoms with Crippen LogP contribution in [-0.2, 0) is 14.4 Å². The number of aliphatic hydroxyl groups excluding tert-OH is 1. The van der Waals surface area contributed by atoms with Gasteiger partial charge in [-0.3, -0.25) is 29.1 Å². The number of amides is 4. The number of carbonyl (C=O) groups is 4. The SMILES string of the molecule is Cc1ccc(/C(O)=C2\C(=O)C(=O)N(c3ccccc3O)C23C(=O)N(C)C(=O)N3C)cc1. The van der Waals surface area contributed by atoms with Crippen LogP contribution < -0.4 is 4.90 Å². The molecule has 4 amide bonds. The number of nitrogens with zero attached hydrogens (tertiary/aromatic N) is 3. The summed E-state index contributed by atoms with van der Waals surface area (Å²) in [5.74, 6) is -4.18. The van der Waals surface area contributed by atoms with Crippen LogP contribution in [0, 0.1) is 6.92 Å². The van der Waals surface area contributed by atoms with Gasteiger partial charge >= 0.3 is 11.9 Å². The summed E-state index contributed by atoms with van der Waals surface area (Å²) in [5.41, 5.74) is -1.88. The lowest BCUT2D eigenvalue weighted by molar-refractivity contribution is -0.133. The molecule has 0 radical (unpaired) electrons. The molecule has 31 heavy (non-hydrogen) atoms. The Morgan fingerprint density at radius 2 is 1.55 bits per heavy atom. The number of Topliss-reactive ketones (excluding diaryl/α,β-unsaturated/α-hetero) is 1. The summed E-state index contributed by atoms with van der Waals surface area (Å²) >= 11 is 0. The van der Waals surface area contributed by atoms with E-state index >= 15 is 0 Å². The number of carbonyl (C=O) groups excluding carboxylic acids is 4. The lowest BCUT2D eigenvalue weighted by Gasteiger charge is -2.37. The number of hydrogen-bond acceptors (Lipinski definition) is 6. The number of benzene rings is 2. The van der Waals surface area contributed by atoms with Gasteiger partial charge in [0.15, 0.2) is 0 Å². The standard InChI is InChI=1S/C22H19N3O6/c1-12-8-10-13(11-9-12)17(27)16-18(28)19(29)25(14-6-4-5-7-15(14)26)22(16)20(30)23(2)21(31)24(22)3/h4-11,26-27H,1-3H3/b17-16-. The predicted molar refractivity (Wildman–Crippen MR) is 110 cm³/mol. The van der Waals surface area contributed by atoms with Gasteiger partial charge in [0, 0.05) is 19.7 Å². The molecule has 2 heterocycles. The molecule has 0 saturated carbocycles. The monoisotopic (exact) mass is 421 g/mol. The third-order valence-electron chi connectivity index (χ3n) is 5.64. The van der Waals surface area contributed by atoms with E-state index in [0.29, 0.717) is 0 Å². The molecule has 2 fully saturated rings. The first kappa shape index (κ1) is 20.1. The van der Waals surface area contributed by atoms with Crippen LogP contribution in [0.3, 0.4) is 0 Å². The highest BCUT2D eigenvalue weighted by Crippen LogP contribution is 2.48. The maximum absolute atomic E-state index is 13.4. The fourth-order valence-electron chi connectivity index (χ4n) is 4.04. The van der Waals surface area contributed by atoms with Gasteiger partial charge in [-0.15, -0.1) is 0 Å². The number of phenols is 1. The van der Waals surface area contributed by atoms with Crippen LogP contribution in [0.15, 0.2) is 54.1 Å². The third kappa shape index (κ3) is 2.49. The van der Waals surface area contributed by atoms with Crippen molar-refractivity contribution in [2.24, 2.45) is 0 Å². The molecule has 2 aliphatic rings. The van der Waals surface area contributed by atoms with E-state index in [1.807, 2.05) is 6.92 Å². The van der Waals surface area contributed by atoms with Crippen molar-refractivity contribution in [2.75, 3.05) is 19.0 Å². The minimum atomic E-state index is -2.28. The average molecular weight is 421 g/mol. The quantitative estimate of drug-likeness (QED) is 0.330. The van der Waals surface area contributed by atoms with Crippen molar-refractivity contribution < 1.29 is 29.4 Å². The Bertz CT molecular complexity index is 1190. The maximum Gasteiger partial charge on any atom is 0.328 e. The Hall–Kier alpha value is -4.14. The minimum Gasteiger partial charge on any atom is -0.507 e. The summed E-state index contributed by atoms with van der Waals surface area (Å²) in [6.45, 7) is 1.83. The lowest BCUT2D eigenvalue weighted by Crippen LogP contribution is -2.60. The number of urea groups is 1. The summed E-state index contributed by atoms with van der Waals surface area (Å²) in [6.07, 6.45) is 0. The summed E-state index contributed by atoms with van der Waals surface area (Å²) in [6, 6.07) is 11.3. The summed E-state index contributed by atoms with van der Waals surface area (Å²) in [4.78, 5) is 54.9. The predicted octanol–water partition coefficient (Wildman–Crippen LogP) is 1.81. The van der Waals surface area contributed by atoms with Crippen LogP contribution in [-0.4, -0.2) is 63.4 Å². The highest BCUT2D eigenvalue weighted by molar-refractivity contribution is 6.55. The van der Waals surface area contributed by atoms with E-state index in [-0.39, 0.29) is 17.0 Å². The van der Waals surface area contributed by atoms with Gasteiger partial charge in [0.25, 0.3) is 11.7 Å². The van der Waals surface area contributed by atoms with E-state index < -0.39 is 40.6 Å². The molecule has 0 bridgehead atoms. The van der Waals surface area contributed by atoms with E-state index in [1.165, 1.54) is 50.5 Å². The molecular weight excluding hydrogens is 402 g/mol. The Morgan fingerprint density at radius 3 is 2.10 bits per heavy atom. The molecule has 1 unspecified atom stereocenters. The molecule has 2 aromatic rings. The average Bonchev–Trinajstić information content (AvgIpc) is 3.08. The van der Waals surface area contributed by atoms with Crippen molar-refractivity contribution in [3.05, 3.63) is 65.2 Å². The first-order valence-corrected chi connectivity index (χ1v) is 9.37. The van der Waals surface area contributed by atoms with Crippen molar-refractivity contribution in [2.45, 2.75) is 12.6 Å². The van der Waals surface area contributed by atoms with E-state index in [4.69, 9.17) is 0 Å². The van der Waals surface area contributed by atoms with Gasteiger partial charge in [0.05, 0.1) is 5.69 Å². The number of phenolic OH excluding ortho intramolecular Hbond substituents is 1. The van der Waals surface area contributed by atoms with Gasteiger partial charge in [0.1, 0.15) is 17.1 Å². The van der Waals surface area contributed by atoms with Crippen molar-refractivity contribution in [3.8, 4) is 5.75 Å². The van der Waals surface area contributed by atoms with Crippen molar-refractivity contribution in [1.82, 2.24) is 9.80 Å². The zero-order valence-electron chi connectivity index (χ0n) is 17.0.